The molecule has 0 N–H and O–H groups in total. The fraction of sp³-hybridized carbons (Fsp3) is 0. The van der Waals surface area contributed by atoms with Crippen LogP contribution in [-0.2, 0) is 4.57 Å². The van der Waals surface area contributed by atoms with E-state index in [1.807, 2.05) is 84.9 Å². The molecular formula is C25H20NOP. The van der Waals surface area contributed by atoms with Gasteiger partial charge in [-0.05, 0) is 52.7 Å². The van der Waals surface area contributed by atoms with Gasteiger partial charge in [-0.1, -0.05) is 78.9 Å². The van der Waals surface area contributed by atoms with Gasteiger partial charge in [-0.2, -0.15) is 0 Å². The van der Waals surface area contributed by atoms with E-state index in [4.69, 9.17) is 0 Å². The third-order valence-electron chi connectivity index (χ3n) is 4.59. The van der Waals surface area contributed by atoms with Crippen LogP contribution in [0.5, 0.6) is 0 Å². The van der Waals surface area contributed by atoms with Gasteiger partial charge in [0.25, 0.3) is 0 Å². The molecule has 0 aliphatic heterocycles. The predicted octanol–water partition coefficient (Wildman–Crippen LogP) is 5.85. The molecule has 0 aliphatic carbocycles. The van der Waals surface area contributed by atoms with Crippen LogP contribution in [0.2, 0.25) is 0 Å². The molecule has 136 valence electrons. The van der Waals surface area contributed by atoms with E-state index in [2.05, 4.69) is 35.1 Å². The minimum atomic E-state index is -3.07. The molecule has 0 saturated carbocycles. The first kappa shape index (κ1) is 18.2. The number of hydrogen-bond donors (Lipinski definition) is 0. The molecule has 0 bridgehead atoms. The molecule has 0 amide bonds. The van der Waals surface area contributed by atoms with Gasteiger partial charge in [0.2, 0.25) is 7.29 Å². The molecule has 0 heterocycles. The lowest BCUT2D eigenvalue weighted by molar-refractivity contribution is 0.588. The van der Waals surface area contributed by atoms with Crippen LogP contribution in [0.1, 0.15) is 5.56 Å². The zero-order valence-electron chi connectivity index (χ0n) is 15.3. The van der Waals surface area contributed by atoms with Crippen molar-refractivity contribution < 1.29 is 4.57 Å². The lowest BCUT2D eigenvalue weighted by Gasteiger charge is -2.13. The predicted molar refractivity (Wildman–Crippen MR) is 121 cm³/mol. The summed E-state index contributed by atoms with van der Waals surface area (Å²) in [5, 5.41) is 3.87. The maximum atomic E-state index is 13.8. The summed E-state index contributed by atoms with van der Waals surface area (Å²) in [5.74, 6) is 0. The van der Waals surface area contributed by atoms with Crippen molar-refractivity contribution in [3.63, 3.8) is 0 Å². The molecule has 0 aliphatic rings. The summed E-state index contributed by atoms with van der Waals surface area (Å²) in [6.45, 7) is 0. The van der Waals surface area contributed by atoms with Crippen LogP contribution in [0.3, 0.4) is 0 Å². The molecule has 0 spiro atoms. The molecule has 0 saturated heterocycles. The van der Waals surface area contributed by atoms with E-state index in [-0.39, 0.29) is 0 Å². The van der Waals surface area contributed by atoms with E-state index < -0.39 is 7.29 Å². The average Bonchev–Trinajstić information content (AvgIpc) is 2.77. The molecule has 28 heavy (non-hydrogen) atoms. The molecule has 0 unspecified atom stereocenters. The highest BCUT2D eigenvalue weighted by atomic mass is 31.2. The SMILES string of the molecule is O=P(N=C/C=C/c1ccc2ccccc2c1)(c1ccccc1)c1ccccc1. The molecule has 3 heteroatoms. The molecule has 0 aromatic heterocycles. The summed E-state index contributed by atoms with van der Waals surface area (Å²) in [4.78, 5) is 0. The number of nitrogens with zero attached hydrogens (tertiary/aromatic N) is 1. The van der Waals surface area contributed by atoms with Crippen molar-refractivity contribution in [2.24, 2.45) is 4.76 Å². The molecular weight excluding hydrogens is 361 g/mol. The Morgan fingerprint density at radius 2 is 1.21 bits per heavy atom. The van der Waals surface area contributed by atoms with Gasteiger partial charge in [0.1, 0.15) is 0 Å². The fourth-order valence-electron chi connectivity index (χ4n) is 3.14. The van der Waals surface area contributed by atoms with Gasteiger partial charge in [0.05, 0.1) is 0 Å². The van der Waals surface area contributed by atoms with Crippen LogP contribution < -0.4 is 10.6 Å². The summed E-state index contributed by atoms with van der Waals surface area (Å²) in [7, 11) is -3.07. The third kappa shape index (κ3) is 3.88. The Balaban J connectivity index is 1.64. The lowest BCUT2D eigenvalue weighted by atomic mass is 10.1. The van der Waals surface area contributed by atoms with Gasteiger partial charge >= 0.3 is 0 Å². The topological polar surface area (TPSA) is 29.4 Å². The first-order chi connectivity index (χ1) is 13.8. The first-order valence-electron chi connectivity index (χ1n) is 9.18. The Morgan fingerprint density at radius 3 is 1.86 bits per heavy atom. The van der Waals surface area contributed by atoms with Crippen LogP contribution >= 0.6 is 7.29 Å². The molecule has 2 nitrogen and oxygen atoms in total. The number of hydrogen-bond acceptors (Lipinski definition) is 1. The van der Waals surface area contributed by atoms with E-state index in [0.29, 0.717) is 0 Å². The first-order valence-corrected chi connectivity index (χ1v) is 10.8. The van der Waals surface area contributed by atoms with E-state index in [0.717, 1.165) is 16.2 Å². The zero-order valence-corrected chi connectivity index (χ0v) is 16.2. The summed E-state index contributed by atoms with van der Waals surface area (Å²) in [6.07, 6.45) is 5.48. The summed E-state index contributed by atoms with van der Waals surface area (Å²) in [5.41, 5.74) is 1.08. The second-order valence-corrected chi connectivity index (χ2v) is 8.89. The van der Waals surface area contributed by atoms with Gasteiger partial charge in [-0.3, -0.25) is 4.57 Å². The Morgan fingerprint density at radius 1 is 0.643 bits per heavy atom. The quantitative estimate of drug-likeness (QED) is 0.315. The van der Waals surface area contributed by atoms with Crippen LogP contribution in [-0.4, -0.2) is 6.21 Å². The highest BCUT2D eigenvalue weighted by molar-refractivity contribution is 7.77. The second-order valence-electron chi connectivity index (χ2n) is 6.48. The number of rotatable bonds is 5. The van der Waals surface area contributed by atoms with E-state index in [1.54, 1.807) is 6.21 Å². The number of allylic oxidation sites excluding steroid dienone is 1. The Kier molecular flexibility index (Phi) is 5.32. The van der Waals surface area contributed by atoms with Crippen LogP contribution in [0.15, 0.2) is 114 Å². The third-order valence-corrected chi connectivity index (χ3v) is 7.04. The maximum Gasteiger partial charge on any atom is 0.247 e. The Hall–Kier alpha value is -3.22. The molecule has 4 aromatic rings. The molecule has 4 aromatic carbocycles. The van der Waals surface area contributed by atoms with Crippen molar-refractivity contribution in [2.45, 2.75) is 0 Å². The molecule has 0 atom stereocenters. The molecule has 0 fully saturated rings. The summed E-state index contributed by atoms with van der Waals surface area (Å²) in [6, 6.07) is 33.5. The standard InChI is InChI=1S/C25H20NOP/c27-28(24-13-3-1-4-14-24,25-15-5-2-6-16-25)26-19-9-10-21-17-18-22-11-7-8-12-23(22)20-21/h1-20H/b10-9+,26-19?. The van der Waals surface area contributed by atoms with Crippen molar-refractivity contribution in [3.8, 4) is 0 Å². The second kappa shape index (κ2) is 8.21. The van der Waals surface area contributed by atoms with Crippen molar-refractivity contribution in [1.82, 2.24) is 0 Å². The van der Waals surface area contributed by atoms with Crippen LogP contribution in [0, 0.1) is 0 Å². The average molecular weight is 381 g/mol. The Bertz CT molecular complexity index is 1140. The van der Waals surface area contributed by atoms with Gasteiger partial charge in [-0.25, -0.2) is 4.76 Å². The zero-order chi connectivity index (χ0) is 19.2. The highest BCUT2D eigenvalue weighted by Gasteiger charge is 2.25. The van der Waals surface area contributed by atoms with E-state index in [1.165, 1.54) is 10.8 Å². The van der Waals surface area contributed by atoms with Gasteiger partial charge in [0.15, 0.2) is 0 Å². The summed E-state index contributed by atoms with van der Waals surface area (Å²) < 4.78 is 18.3. The van der Waals surface area contributed by atoms with E-state index in [9.17, 15) is 4.57 Å². The summed E-state index contributed by atoms with van der Waals surface area (Å²) >= 11 is 0. The fourth-order valence-corrected chi connectivity index (χ4v) is 5.12. The lowest BCUT2D eigenvalue weighted by Crippen LogP contribution is -2.14. The largest absolute Gasteiger partial charge is 0.288 e. The highest BCUT2D eigenvalue weighted by Crippen LogP contribution is 2.44. The minimum absolute atomic E-state index is 0.733. The maximum absolute atomic E-state index is 13.8. The molecule has 0 radical (unpaired) electrons. The minimum Gasteiger partial charge on any atom is -0.288 e. The monoisotopic (exact) mass is 381 g/mol. The van der Waals surface area contributed by atoms with E-state index >= 15 is 0 Å². The number of benzene rings is 4. The van der Waals surface area contributed by atoms with Crippen molar-refractivity contribution in [1.29, 1.82) is 0 Å². The molecule has 4 rings (SSSR count). The Labute approximate surface area is 165 Å². The normalized spacial score (nSPS) is 12.1. The number of fused-ring (bicyclic) bond motifs is 1. The van der Waals surface area contributed by atoms with Crippen molar-refractivity contribution >= 4 is 41.0 Å². The van der Waals surface area contributed by atoms with Gasteiger partial charge in [0, 0.05) is 16.8 Å². The van der Waals surface area contributed by atoms with Gasteiger partial charge < -0.3 is 0 Å². The smallest absolute Gasteiger partial charge is 0.247 e. The van der Waals surface area contributed by atoms with Crippen molar-refractivity contribution in [2.75, 3.05) is 0 Å². The van der Waals surface area contributed by atoms with Gasteiger partial charge in [-0.15, -0.1) is 0 Å². The van der Waals surface area contributed by atoms with Crippen molar-refractivity contribution in [3.05, 3.63) is 115 Å². The van der Waals surface area contributed by atoms with Crippen LogP contribution in [0.25, 0.3) is 16.8 Å². The van der Waals surface area contributed by atoms with Crippen LogP contribution in [0.4, 0.5) is 0 Å².